The molecule has 124 valence electrons. The first-order valence-electron chi connectivity index (χ1n) is 8.74. The van der Waals surface area contributed by atoms with Crippen molar-refractivity contribution in [3.05, 3.63) is 47.2 Å². The number of carbonyl (C=O) groups is 1. The monoisotopic (exact) mass is 313 g/mol. The van der Waals surface area contributed by atoms with E-state index >= 15 is 0 Å². The molecule has 0 bridgehead atoms. The first-order chi connectivity index (χ1) is 11.0. The van der Waals surface area contributed by atoms with Gasteiger partial charge in [0.15, 0.2) is 11.5 Å². The average Bonchev–Trinajstić information content (AvgIpc) is 3.13. The summed E-state index contributed by atoms with van der Waals surface area (Å²) in [7, 11) is 0. The minimum absolute atomic E-state index is 0.173. The molecule has 0 saturated heterocycles. The minimum atomic E-state index is -0.358. The number of rotatable bonds is 7. The summed E-state index contributed by atoms with van der Waals surface area (Å²) < 4.78 is 6.31. The molecule has 1 aromatic rings. The van der Waals surface area contributed by atoms with Crippen LogP contribution in [-0.4, -0.2) is 29.6 Å². The van der Waals surface area contributed by atoms with Crippen molar-refractivity contribution in [2.45, 2.75) is 58.1 Å². The van der Waals surface area contributed by atoms with Crippen LogP contribution in [0.15, 0.2) is 41.6 Å². The van der Waals surface area contributed by atoms with Crippen molar-refractivity contribution in [2.24, 2.45) is 0 Å². The van der Waals surface area contributed by atoms with E-state index in [9.17, 15) is 4.79 Å². The molecular weight excluding hydrogens is 286 g/mol. The number of carbonyl (C=O) groups excluding carboxylic acids is 1. The summed E-state index contributed by atoms with van der Waals surface area (Å²) in [6.45, 7) is 9.64. The van der Waals surface area contributed by atoms with Crippen LogP contribution in [-0.2, 0) is 14.9 Å². The minimum Gasteiger partial charge on any atom is -0.355 e. The van der Waals surface area contributed by atoms with Gasteiger partial charge < -0.3 is 9.64 Å². The number of unbranched alkanes of at least 4 members (excludes halogenated alkanes) is 1. The van der Waals surface area contributed by atoms with Gasteiger partial charge >= 0.3 is 0 Å². The largest absolute Gasteiger partial charge is 0.355 e. The van der Waals surface area contributed by atoms with E-state index in [2.05, 4.69) is 43.0 Å². The van der Waals surface area contributed by atoms with Crippen molar-refractivity contribution < 1.29 is 9.53 Å². The molecule has 0 spiro atoms. The van der Waals surface area contributed by atoms with E-state index in [0.29, 0.717) is 6.61 Å². The lowest BCUT2D eigenvalue weighted by molar-refractivity contribution is -0.114. The summed E-state index contributed by atoms with van der Waals surface area (Å²) in [6.07, 6.45) is 3.13. The van der Waals surface area contributed by atoms with Crippen molar-refractivity contribution in [1.82, 2.24) is 4.90 Å². The van der Waals surface area contributed by atoms with E-state index < -0.39 is 0 Å². The molecule has 3 nitrogen and oxygen atoms in total. The number of benzene rings is 1. The Morgan fingerprint density at radius 3 is 2.52 bits per heavy atom. The van der Waals surface area contributed by atoms with Gasteiger partial charge in [-0.15, -0.1) is 0 Å². The maximum atomic E-state index is 12.5. The molecule has 0 radical (unpaired) electrons. The van der Waals surface area contributed by atoms with Gasteiger partial charge in [-0.05, 0) is 32.8 Å². The number of fused-ring (bicyclic) bond motifs is 1. The van der Waals surface area contributed by atoms with E-state index in [0.717, 1.165) is 37.1 Å². The predicted molar refractivity (Wildman–Crippen MR) is 92.1 cm³/mol. The SMILES string of the molecule is CCCCN1C(C)=C(C(C)=O)C2(c3ccccc3)CC12OCC. The molecule has 0 N–H and O–H groups in total. The van der Waals surface area contributed by atoms with Gasteiger partial charge in [0.1, 0.15) is 0 Å². The number of nitrogens with zero attached hydrogens (tertiary/aromatic N) is 1. The van der Waals surface area contributed by atoms with E-state index in [4.69, 9.17) is 4.74 Å². The molecule has 2 atom stereocenters. The van der Waals surface area contributed by atoms with Crippen LogP contribution < -0.4 is 0 Å². The van der Waals surface area contributed by atoms with E-state index in [1.54, 1.807) is 6.92 Å². The molecule has 1 saturated carbocycles. The van der Waals surface area contributed by atoms with Crippen LogP contribution >= 0.6 is 0 Å². The van der Waals surface area contributed by atoms with Crippen molar-refractivity contribution in [3.63, 3.8) is 0 Å². The van der Waals surface area contributed by atoms with Gasteiger partial charge in [0.2, 0.25) is 0 Å². The topological polar surface area (TPSA) is 29.5 Å². The maximum Gasteiger partial charge on any atom is 0.158 e. The van der Waals surface area contributed by atoms with Crippen LogP contribution in [0.25, 0.3) is 0 Å². The van der Waals surface area contributed by atoms with E-state index in [1.807, 2.05) is 13.0 Å². The van der Waals surface area contributed by atoms with Gasteiger partial charge in [-0.3, -0.25) is 4.79 Å². The molecule has 3 rings (SSSR count). The Kier molecular flexibility index (Phi) is 4.09. The van der Waals surface area contributed by atoms with Crippen LogP contribution in [0.5, 0.6) is 0 Å². The number of ketones is 1. The molecule has 1 aliphatic heterocycles. The summed E-state index contributed by atoms with van der Waals surface area (Å²) in [4.78, 5) is 14.9. The molecule has 1 fully saturated rings. The molecule has 1 aromatic carbocycles. The van der Waals surface area contributed by atoms with Gasteiger partial charge in [-0.1, -0.05) is 43.7 Å². The zero-order valence-corrected chi connectivity index (χ0v) is 14.7. The standard InChI is InChI=1S/C20H27NO2/c1-5-7-13-21-15(3)18(16(4)22)19(14-20(19,21)23-6-2)17-11-9-8-10-12-17/h8-12H,5-7,13-14H2,1-4H3. The zero-order valence-electron chi connectivity index (χ0n) is 14.7. The lowest BCUT2D eigenvalue weighted by Crippen LogP contribution is -2.40. The van der Waals surface area contributed by atoms with Crippen LogP contribution in [0.4, 0.5) is 0 Å². The Morgan fingerprint density at radius 1 is 1.26 bits per heavy atom. The smallest absolute Gasteiger partial charge is 0.158 e. The number of allylic oxidation sites excluding steroid dienone is 1. The van der Waals surface area contributed by atoms with E-state index in [-0.39, 0.29) is 16.9 Å². The van der Waals surface area contributed by atoms with Crippen LogP contribution in [0.3, 0.4) is 0 Å². The normalized spacial score (nSPS) is 29.0. The first kappa shape index (κ1) is 16.3. The molecule has 23 heavy (non-hydrogen) atoms. The number of hydrogen-bond acceptors (Lipinski definition) is 3. The zero-order chi connectivity index (χ0) is 16.7. The van der Waals surface area contributed by atoms with Gasteiger partial charge in [-0.2, -0.15) is 0 Å². The second-order valence-electron chi connectivity index (χ2n) is 6.69. The molecule has 0 amide bonds. The van der Waals surface area contributed by atoms with Crippen molar-refractivity contribution in [1.29, 1.82) is 0 Å². The second kappa shape index (κ2) is 5.79. The van der Waals surface area contributed by atoms with E-state index in [1.165, 1.54) is 5.56 Å². The highest BCUT2D eigenvalue weighted by Gasteiger charge is 2.79. The van der Waals surface area contributed by atoms with Crippen molar-refractivity contribution in [3.8, 4) is 0 Å². The number of Topliss-reactive ketones (excluding diaryl/α,β-unsaturated/α-hetero) is 1. The molecule has 2 aliphatic rings. The average molecular weight is 313 g/mol. The maximum absolute atomic E-state index is 12.5. The molecule has 1 heterocycles. The summed E-state index contributed by atoms with van der Waals surface area (Å²) in [5.74, 6) is 0.173. The molecule has 3 heteroatoms. The van der Waals surface area contributed by atoms with Gasteiger partial charge in [0.05, 0.1) is 5.41 Å². The number of hydrogen-bond donors (Lipinski definition) is 0. The highest BCUT2D eigenvalue weighted by molar-refractivity contribution is 5.99. The van der Waals surface area contributed by atoms with Crippen molar-refractivity contribution in [2.75, 3.05) is 13.2 Å². The predicted octanol–water partition coefficient (Wildman–Crippen LogP) is 4.04. The van der Waals surface area contributed by atoms with Crippen LogP contribution in [0.1, 0.15) is 52.5 Å². The lowest BCUT2D eigenvalue weighted by atomic mass is 9.85. The Hall–Kier alpha value is -1.61. The van der Waals surface area contributed by atoms with Gasteiger partial charge in [0.25, 0.3) is 0 Å². The Balaban J connectivity index is 2.12. The Labute approximate surface area is 139 Å². The number of ether oxygens (including phenoxy) is 1. The fourth-order valence-corrected chi connectivity index (χ4v) is 4.54. The lowest BCUT2D eigenvalue weighted by Gasteiger charge is -2.32. The first-order valence-corrected chi connectivity index (χ1v) is 8.74. The Morgan fingerprint density at radius 2 is 1.96 bits per heavy atom. The fraction of sp³-hybridized carbons (Fsp3) is 0.550. The summed E-state index contributed by atoms with van der Waals surface area (Å²) in [5.41, 5.74) is 2.62. The third kappa shape index (κ3) is 2.09. The van der Waals surface area contributed by atoms with Crippen molar-refractivity contribution >= 4 is 5.78 Å². The second-order valence-corrected chi connectivity index (χ2v) is 6.69. The third-order valence-electron chi connectivity index (χ3n) is 5.41. The summed E-state index contributed by atoms with van der Waals surface area (Å²) >= 11 is 0. The molecule has 1 aliphatic carbocycles. The van der Waals surface area contributed by atoms with Gasteiger partial charge in [-0.25, -0.2) is 0 Å². The molecular formula is C20H27NO2. The third-order valence-corrected chi connectivity index (χ3v) is 5.41. The Bertz CT molecular complexity index is 636. The summed E-state index contributed by atoms with van der Waals surface area (Å²) in [6, 6.07) is 10.4. The molecule has 0 aromatic heterocycles. The summed E-state index contributed by atoms with van der Waals surface area (Å²) in [5, 5.41) is 0. The highest BCUT2D eigenvalue weighted by atomic mass is 16.5. The van der Waals surface area contributed by atoms with Gasteiger partial charge in [0, 0.05) is 30.8 Å². The fourth-order valence-electron chi connectivity index (χ4n) is 4.54. The quantitative estimate of drug-likeness (QED) is 0.761. The van der Waals surface area contributed by atoms with Crippen LogP contribution in [0.2, 0.25) is 0 Å². The highest BCUT2D eigenvalue weighted by Crippen LogP contribution is 2.71. The molecule has 2 unspecified atom stereocenters. The van der Waals surface area contributed by atoms with Crippen LogP contribution in [0, 0.1) is 0 Å².